The summed E-state index contributed by atoms with van der Waals surface area (Å²) in [7, 11) is 0. The van der Waals surface area contributed by atoms with Gasteiger partial charge in [-0.15, -0.1) is 0 Å². The number of para-hydroxylation sites is 2. The number of fused-ring (bicyclic) bond motifs is 3. The highest BCUT2D eigenvalue weighted by Gasteiger charge is 2.19. The average Bonchev–Trinajstić information content (AvgIpc) is 3.21. The van der Waals surface area contributed by atoms with Crippen LogP contribution in [0.3, 0.4) is 0 Å². The quantitative estimate of drug-likeness (QED) is 0.399. The van der Waals surface area contributed by atoms with E-state index in [2.05, 4.69) is 74.0 Å². The van der Waals surface area contributed by atoms with Gasteiger partial charge in [-0.1, -0.05) is 60.7 Å². The lowest BCUT2D eigenvalue weighted by Crippen LogP contribution is -1.97. The van der Waals surface area contributed by atoms with Crippen LogP contribution in [-0.2, 0) is 0 Å². The minimum Gasteiger partial charge on any atom is -0.337 e. The number of nitrogens with zero attached hydrogens (tertiary/aromatic N) is 2. The van der Waals surface area contributed by atoms with Crippen LogP contribution in [0.5, 0.6) is 0 Å². The van der Waals surface area contributed by atoms with Crippen molar-refractivity contribution < 1.29 is 0 Å². The molecule has 0 saturated heterocycles. The standard InChI is InChI=1S/C21H14BrN3/c22-17-13-7-12-16-18(17)23-20-19(16)25(15-10-5-2-6-11-15)21(24-20)14-8-3-1-4-9-14/h1-13,23H. The lowest BCUT2D eigenvalue weighted by atomic mass is 10.2. The lowest BCUT2D eigenvalue weighted by Gasteiger charge is -2.09. The van der Waals surface area contributed by atoms with Crippen molar-refractivity contribution in [2.24, 2.45) is 0 Å². The molecule has 0 amide bonds. The van der Waals surface area contributed by atoms with E-state index < -0.39 is 0 Å². The molecule has 0 atom stereocenters. The number of halogens is 1. The van der Waals surface area contributed by atoms with Crippen LogP contribution in [0, 0.1) is 0 Å². The van der Waals surface area contributed by atoms with E-state index in [1.165, 1.54) is 0 Å². The number of benzene rings is 3. The van der Waals surface area contributed by atoms with E-state index in [4.69, 9.17) is 4.98 Å². The molecule has 3 nitrogen and oxygen atoms in total. The van der Waals surface area contributed by atoms with Crippen LogP contribution in [-0.4, -0.2) is 14.5 Å². The normalized spacial score (nSPS) is 11.4. The summed E-state index contributed by atoms with van der Waals surface area (Å²) < 4.78 is 3.28. The van der Waals surface area contributed by atoms with Crippen molar-refractivity contribution in [1.29, 1.82) is 0 Å². The first-order valence-corrected chi connectivity index (χ1v) is 8.92. The van der Waals surface area contributed by atoms with Gasteiger partial charge in [0, 0.05) is 21.1 Å². The topological polar surface area (TPSA) is 33.6 Å². The molecule has 0 unspecified atom stereocenters. The predicted octanol–water partition coefficient (Wildman–Crippen LogP) is 5.94. The Morgan fingerprint density at radius 3 is 2.28 bits per heavy atom. The molecule has 0 radical (unpaired) electrons. The van der Waals surface area contributed by atoms with Gasteiger partial charge in [-0.2, -0.15) is 0 Å². The minimum absolute atomic E-state index is 0.893. The van der Waals surface area contributed by atoms with Gasteiger partial charge < -0.3 is 4.98 Å². The van der Waals surface area contributed by atoms with Crippen molar-refractivity contribution in [3.8, 4) is 17.1 Å². The molecular formula is C21H14BrN3. The van der Waals surface area contributed by atoms with Crippen LogP contribution < -0.4 is 0 Å². The first kappa shape index (κ1) is 14.5. The molecule has 2 heterocycles. The summed E-state index contributed by atoms with van der Waals surface area (Å²) in [4.78, 5) is 8.39. The summed E-state index contributed by atoms with van der Waals surface area (Å²) >= 11 is 3.64. The second-order valence-corrected chi connectivity index (χ2v) is 6.81. The van der Waals surface area contributed by atoms with Gasteiger partial charge in [0.15, 0.2) is 5.65 Å². The second kappa shape index (κ2) is 5.60. The number of H-pyrrole nitrogens is 1. The van der Waals surface area contributed by atoms with E-state index in [0.717, 1.165) is 43.6 Å². The van der Waals surface area contributed by atoms with Crippen molar-refractivity contribution in [1.82, 2.24) is 14.5 Å². The van der Waals surface area contributed by atoms with E-state index in [0.29, 0.717) is 0 Å². The molecule has 0 spiro atoms. The number of rotatable bonds is 2. The number of hydrogen-bond acceptors (Lipinski definition) is 1. The van der Waals surface area contributed by atoms with E-state index in [1.807, 2.05) is 30.3 Å². The SMILES string of the molecule is Brc1cccc2c1[nH]c1nc(-c3ccccc3)n(-c3ccccc3)c12. The fourth-order valence-electron chi connectivity index (χ4n) is 3.33. The number of nitrogens with one attached hydrogen (secondary N) is 1. The number of aromatic amines is 1. The summed E-state index contributed by atoms with van der Waals surface area (Å²) in [6.45, 7) is 0. The molecule has 25 heavy (non-hydrogen) atoms. The molecule has 0 saturated carbocycles. The van der Waals surface area contributed by atoms with Gasteiger partial charge in [0.1, 0.15) is 5.82 Å². The van der Waals surface area contributed by atoms with E-state index in [9.17, 15) is 0 Å². The molecule has 0 aliphatic rings. The smallest absolute Gasteiger partial charge is 0.158 e. The molecule has 0 bridgehead atoms. The highest BCUT2D eigenvalue weighted by molar-refractivity contribution is 9.10. The molecule has 0 aliphatic carbocycles. The third kappa shape index (κ3) is 2.22. The Kier molecular flexibility index (Phi) is 3.25. The molecule has 2 aromatic heterocycles. The molecule has 5 aromatic rings. The average molecular weight is 388 g/mol. The number of imidazole rings is 1. The Balaban J connectivity index is 1.94. The number of hydrogen-bond donors (Lipinski definition) is 1. The summed E-state index contributed by atoms with van der Waals surface area (Å²) in [5.74, 6) is 0.940. The first-order valence-electron chi connectivity index (χ1n) is 8.12. The molecular weight excluding hydrogens is 374 g/mol. The van der Waals surface area contributed by atoms with Crippen LogP contribution in [0.2, 0.25) is 0 Å². The van der Waals surface area contributed by atoms with Crippen LogP contribution in [0.4, 0.5) is 0 Å². The van der Waals surface area contributed by atoms with Crippen LogP contribution in [0.15, 0.2) is 83.3 Å². The monoisotopic (exact) mass is 387 g/mol. The Morgan fingerprint density at radius 2 is 1.52 bits per heavy atom. The van der Waals surface area contributed by atoms with E-state index >= 15 is 0 Å². The van der Waals surface area contributed by atoms with Crippen LogP contribution in [0.1, 0.15) is 0 Å². The Morgan fingerprint density at radius 1 is 0.800 bits per heavy atom. The van der Waals surface area contributed by atoms with Crippen LogP contribution >= 0.6 is 15.9 Å². The van der Waals surface area contributed by atoms with E-state index in [1.54, 1.807) is 0 Å². The summed E-state index contributed by atoms with van der Waals surface area (Å²) in [5.41, 5.74) is 5.26. The fourth-order valence-corrected chi connectivity index (χ4v) is 3.80. The van der Waals surface area contributed by atoms with Gasteiger partial charge in [-0.25, -0.2) is 4.98 Å². The van der Waals surface area contributed by atoms with Crippen molar-refractivity contribution >= 4 is 38.0 Å². The van der Waals surface area contributed by atoms with Crippen molar-refractivity contribution in [3.05, 3.63) is 83.3 Å². The maximum absolute atomic E-state index is 4.92. The molecule has 4 heteroatoms. The molecule has 0 fully saturated rings. The summed E-state index contributed by atoms with van der Waals surface area (Å²) in [6, 6.07) is 26.9. The highest BCUT2D eigenvalue weighted by Crippen LogP contribution is 2.35. The van der Waals surface area contributed by atoms with Gasteiger partial charge in [0.2, 0.25) is 0 Å². The number of aromatic nitrogens is 3. The van der Waals surface area contributed by atoms with Gasteiger partial charge in [0.25, 0.3) is 0 Å². The summed E-state index contributed by atoms with van der Waals surface area (Å²) in [5, 5.41) is 1.16. The molecule has 3 aromatic carbocycles. The molecule has 1 N–H and O–H groups in total. The first-order chi connectivity index (χ1) is 12.3. The Hall–Kier alpha value is -2.85. The van der Waals surface area contributed by atoms with Crippen molar-refractivity contribution in [2.45, 2.75) is 0 Å². The van der Waals surface area contributed by atoms with Gasteiger partial charge >= 0.3 is 0 Å². The third-order valence-electron chi connectivity index (χ3n) is 4.44. The molecule has 0 aliphatic heterocycles. The van der Waals surface area contributed by atoms with Crippen LogP contribution in [0.25, 0.3) is 39.1 Å². The van der Waals surface area contributed by atoms with Crippen molar-refractivity contribution in [3.63, 3.8) is 0 Å². The second-order valence-electron chi connectivity index (χ2n) is 5.96. The Bertz CT molecular complexity index is 1190. The van der Waals surface area contributed by atoms with Gasteiger partial charge in [-0.3, -0.25) is 4.57 Å². The zero-order valence-corrected chi connectivity index (χ0v) is 14.9. The highest BCUT2D eigenvalue weighted by atomic mass is 79.9. The molecule has 120 valence electrons. The Labute approximate surface area is 153 Å². The maximum atomic E-state index is 4.92. The predicted molar refractivity (Wildman–Crippen MR) is 106 cm³/mol. The van der Waals surface area contributed by atoms with Gasteiger partial charge in [0.05, 0.1) is 11.0 Å². The largest absolute Gasteiger partial charge is 0.337 e. The maximum Gasteiger partial charge on any atom is 0.158 e. The van der Waals surface area contributed by atoms with Crippen molar-refractivity contribution in [2.75, 3.05) is 0 Å². The zero-order valence-electron chi connectivity index (χ0n) is 13.3. The third-order valence-corrected chi connectivity index (χ3v) is 5.10. The summed E-state index contributed by atoms with van der Waals surface area (Å²) in [6.07, 6.45) is 0. The minimum atomic E-state index is 0.893. The van der Waals surface area contributed by atoms with E-state index in [-0.39, 0.29) is 0 Å². The fraction of sp³-hybridized carbons (Fsp3) is 0. The zero-order chi connectivity index (χ0) is 16.8. The van der Waals surface area contributed by atoms with Gasteiger partial charge in [-0.05, 0) is 34.1 Å². The lowest BCUT2D eigenvalue weighted by molar-refractivity contribution is 1.10. The molecule has 5 rings (SSSR count).